The summed E-state index contributed by atoms with van der Waals surface area (Å²) in [4.78, 5) is 29.3. The fraction of sp³-hybridized carbons (Fsp3) is 0.609. The summed E-state index contributed by atoms with van der Waals surface area (Å²) in [5.41, 5.74) is 3.29. The molecule has 11 nitrogen and oxygen atoms in total. The molecule has 0 fully saturated rings. The third kappa shape index (κ3) is 11.9. The molecule has 0 radical (unpaired) electrons. The molecule has 0 saturated heterocycles. The Morgan fingerprint density at radius 1 is 0.500 bits per heavy atom. The van der Waals surface area contributed by atoms with E-state index in [1.54, 1.807) is 0 Å². The van der Waals surface area contributed by atoms with Gasteiger partial charge in [0.25, 0.3) is 0 Å². The Labute approximate surface area is 411 Å². The summed E-state index contributed by atoms with van der Waals surface area (Å²) < 4.78 is 38.4. The van der Waals surface area contributed by atoms with Crippen LogP contribution in [0.3, 0.4) is 0 Å². The van der Waals surface area contributed by atoms with Crippen molar-refractivity contribution in [1.82, 2.24) is 29.9 Å². The van der Waals surface area contributed by atoms with E-state index in [2.05, 4.69) is 179 Å². The molecule has 0 aliphatic carbocycles. The first-order valence-electron chi connectivity index (χ1n) is 21.5. The van der Waals surface area contributed by atoms with Gasteiger partial charge in [-0.2, -0.15) is 0 Å². The van der Waals surface area contributed by atoms with Crippen LogP contribution < -0.4 is 14.5 Å². The van der Waals surface area contributed by atoms with Crippen LogP contribution in [0.2, 0.25) is 0 Å². The van der Waals surface area contributed by atoms with E-state index in [0.29, 0.717) is 86.3 Å². The van der Waals surface area contributed by atoms with Gasteiger partial charge in [0, 0.05) is 0 Å². The number of hydrogen-bond donors (Lipinski definition) is 1. The molecule has 5 rings (SSSR count). The predicted octanol–water partition coefficient (Wildman–Crippen LogP) is 14.1. The average Bonchev–Trinajstić information content (AvgIpc) is 3.83. The Morgan fingerprint density at radius 2 is 0.935 bits per heavy atom. The zero-order valence-corrected chi connectivity index (χ0v) is 46.6. The molecular formula is C46H63Br4N6O5V+. The summed E-state index contributed by atoms with van der Waals surface area (Å²) in [7, 11) is 0. The zero-order chi connectivity index (χ0) is 46.7. The zero-order valence-electron chi connectivity index (χ0n) is 38.8. The van der Waals surface area contributed by atoms with Gasteiger partial charge in [0.05, 0.1) is 30.5 Å². The number of aromatic amines is 1. The van der Waals surface area contributed by atoms with Crippen LogP contribution in [0, 0.1) is 47.3 Å². The maximum atomic E-state index is 8.19. The van der Waals surface area contributed by atoms with Gasteiger partial charge in [-0.3, -0.25) is 0 Å². The van der Waals surface area contributed by atoms with Crippen molar-refractivity contribution in [2.45, 2.75) is 135 Å². The molecule has 0 amide bonds. The van der Waals surface area contributed by atoms with Crippen molar-refractivity contribution in [2.75, 3.05) is 0 Å². The summed E-state index contributed by atoms with van der Waals surface area (Å²) in [5, 5.41) is 0. The Hall–Kier alpha value is -2.04. The van der Waals surface area contributed by atoms with Gasteiger partial charge in [-0.25, -0.2) is 15.0 Å². The quantitative estimate of drug-likeness (QED) is 0.148. The van der Waals surface area contributed by atoms with Crippen molar-refractivity contribution in [2.24, 2.45) is 47.3 Å². The van der Waals surface area contributed by atoms with Gasteiger partial charge in [-0.15, -0.1) is 0 Å². The second kappa shape index (κ2) is 22.4. The van der Waals surface area contributed by atoms with E-state index < -0.39 is 0 Å². The molecule has 62 heavy (non-hydrogen) atoms. The van der Waals surface area contributed by atoms with E-state index in [-0.39, 0.29) is 71.8 Å². The van der Waals surface area contributed by atoms with E-state index in [4.69, 9.17) is 47.5 Å². The molecule has 0 atom stereocenters. The van der Waals surface area contributed by atoms with Crippen LogP contribution in [-0.4, -0.2) is 49.3 Å². The van der Waals surface area contributed by atoms with Crippen molar-refractivity contribution >= 4 is 107 Å². The van der Waals surface area contributed by atoms with Gasteiger partial charge in [-0.1, -0.05) is 111 Å². The second-order valence-corrected chi connectivity index (χ2v) is 21.9. The molecule has 2 aliphatic rings. The number of H-pyrrole nitrogens is 1. The number of nitrogens with zero attached hydrogens (tertiary/aromatic N) is 5. The van der Waals surface area contributed by atoms with Gasteiger partial charge in [0.1, 0.15) is 40.3 Å². The van der Waals surface area contributed by atoms with Crippen LogP contribution in [0.4, 0.5) is 0 Å². The fourth-order valence-corrected chi connectivity index (χ4v) is 9.97. The molecule has 0 aromatic carbocycles. The SMILES string of the molecule is CC(C)C(OC1=C(Br)c2nc1cc1[n-]c(nc3nc(cc4[nH]c(n2)c(OC(C(C)C)C(C)C)c4Br)C(Br)=C3OC(C(C)C)C(C)C)c(OC(C(C)C)C(C)C)c1Br)C(C)C.[O]=[V+2]. The van der Waals surface area contributed by atoms with Crippen LogP contribution in [0.5, 0.6) is 11.5 Å². The maximum absolute atomic E-state index is 8.19. The minimum atomic E-state index is -0.124. The molecule has 8 bridgehead atoms. The fourth-order valence-electron chi connectivity index (χ4n) is 8.06. The number of hydrogen-bond acceptors (Lipinski definition) is 9. The molecule has 3 aromatic heterocycles. The molecule has 0 unspecified atom stereocenters. The van der Waals surface area contributed by atoms with E-state index in [1.807, 2.05) is 12.1 Å². The summed E-state index contributed by atoms with van der Waals surface area (Å²) in [5.74, 6) is 4.77. The van der Waals surface area contributed by atoms with E-state index in [0.717, 1.165) is 17.4 Å². The van der Waals surface area contributed by atoms with Crippen molar-refractivity contribution in [3.63, 3.8) is 0 Å². The number of nitrogens with one attached hydrogen (secondary N) is 1. The molecule has 5 heterocycles. The first-order chi connectivity index (χ1) is 29.0. The van der Waals surface area contributed by atoms with Crippen LogP contribution in [0.25, 0.3) is 42.8 Å². The van der Waals surface area contributed by atoms with Gasteiger partial charge < -0.3 is 33.9 Å². The minimum absolute atomic E-state index is 0.0972. The summed E-state index contributed by atoms with van der Waals surface area (Å²) in [6.45, 7) is 34.6. The number of halogens is 4. The Morgan fingerprint density at radius 3 is 1.42 bits per heavy atom. The van der Waals surface area contributed by atoms with Crippen molar-refractivity contribution in [3.8, 4) is 11.5 Å². The molecule has 1 N–H and O–H groups in total. The number of aromatic nitrogens is 6. The Balaban J connectivity index is 0.00000416. The van der Waals surface area contributed by atoms with Crippen molar-refractivity contribution in [1.29, 1.82) is 0 Å². The Kier molecular flexibility index (Phi) is 19.0. The predicted molar refractivity (Wildman–Crippen MR) is 260 cm³/mol. The summed E-state index contributed by atoms with van der Waals surface area (Å²) in [6, 6.07) is 3.84. The Bertz CT molecular complexity index is 2250. The first kappa shape index (κ1) is 52.6. The summed E-state index contributed by atoms with van der Waals surface area (Å²) in [6.07, 6.45) is -0.445. The molecular weight excluding hydrogens is 1090 g/mol. The average molecular weight is 1150 g/mol. The van der Waals surface area contributed by atoms with Crippen molar-refractivity contribution < 1.29 is 40.0 Å². The monoisotopic (exact) mass is 1150 g/mol. The van der Waals surface area contributed by atoms with E-state index in [9.17, 15) is 0 Å². The second-order valence-electron chi connectivity index (χ2n) is 18.7. The number of ether oxygens (including phenoxy) is 4. The van der Waals surface area contributed by atoms with Crippen LogP contribution >= 0.6 is 63.7 Å². The topological polar surface area (TPSA) is 135 Å². The summed E-state index contributed by atoms with van der Waals surface area (Å²) >= 11 is 16.7. The van der Waals surface area contributed by atoms with Crippen molar-refractivity contribution in [3.05, 3.63) is 44.1 Å². The third-order valence-corrected chi connectivity index (χ3v) is 13.8. The third-order valence-electron chi connectivity index (χ3n) is 10.7. The molecule has 0 spiro atoms. The van der Waals surface area contributed by atoms with Crippen LogP contribution in [0.15, 0.2) is 21.1 Å². The van der Waals surface area contributed by atoms with Gasteiger partial charge in [0.15, 0.2) is 28.7 Å². The number of rotatable bonds is 16. The normalized spacial score (nSPS) is 13.6. The van der Waals surface area contributed by atoms with Gasteiger partial charge >= 0.3 is 21.0 Å². The molecule has 2 aliphatic heterocycles. The molecule has 3 aromatic rings. The van der Waals surface area contributed by atoms with E-state index >= 15 is 0 Å². The molecule has 16 heteroatoms. The van der Waals surface area contributed by atoms with Gasteiger partial charge in [-0.05, 0) is 134 Å². The molecule has 0 saturated carbocycles. The van der Waals surface area contributed by atoms with Crippen LogP contribution in [-0.2, 0) is 30.5 Å². The standard InChI is InChI=1S/C46H63Br4N6O4.O.V/c1-19(2)35(20(3)4)57-39-30-18-29-33(49)42(60-38(25(13)14)26(15)16)46(53-29)56-45-41(59-37(23(9)10)24(11)12)32(48)28(52-45)17-27-31(47)40(58-36(21(5)6)22(7)8)44(51-27)55-43(54-30)34(39)50;;/h17-26,35-38H,1-16H3,(H-,51,52,53,54,55,56);;/q-1;;+2. The number of fused-ring (bicyclic) bond motifs is 8. The molecule has 339 valence electrons. The first-order valence-corrected chi connectivity index (χ1v) is 25.2. The van der Waals surface area contributed by atoms with Crippen LogP contribution in [0.1, 0.15) is 134 Å². The van der Waals surface area contributed by atoms with E-state index in [1.165, 1.54) is 0 Å². The van der Waals surface area contributed by atoms with Gasteiger partial charge in [0.2, 0.25) is 0 Å².